The van der Waals surface area contributed by atoms with E-state index in [2.05, 4.69) is 93.7 Å². The summed E-state index contributed by atoms with van der Waals surface area (Å²) < 4.78 is 17.0. The van der Waals surface area contributed by atoms with E-state index in [1.807, 2.05) is 0 Å². The van der Waals surface area contributed by atoms with Crippen molar-refractivity contribution in [2.45, 2.75) is 367 Å². The number of hydrogen-bond donors (Lipinski definition) is 0. The van der Waals surface area contributed by atoms with Gasteiger partial charge in [0.25, 0.3) is 0 Å². The van der Waals surface area contributed by atoms with Crippen molar-refractivity contribution in [3.8, 4) is 0 Å². The molecule has 0 saturated heterocycles. The molecule has 0 N–H and O–H groups in total. The van der Waals surface area contributed by atoms with E-state index < -0.39 is 6.10 Å². The lowest BCUT2D eigenvalue weighted by Gasteiger charge is -2.18. The van der Waals surface area contributed by atoms with Gasteiger partial charge in [0.05, 0.1) is 0 Å². The van der Waals surface area contributed by atoms with Crippen LogP contribution in [0, 0.1) is 0 Å². The number of esters is 3. The standard InChI is InChI=1S/C74H132O6/c1-4-7-10-13-16-19-22-25-27-29-31-32-33-34-35-36-37-38-39-40-41-42-43-45-46-49-52-55-58-61-64-67-73(76)79-70-71(69-78-72(75)66-63-60-57-54-51-48-24-21-18-15-12-9-6-3)80-74(77)68-65-62-59-56-53-50-47-44-30-28-26-23-20-17-14-11-8-5-2/h7,10,16,19,21,24-25,27-28,30-32,71H,4-6,8-9,11-15,17-18,20,22-23,26,29,33-70H2,1-3H3/b10-7-,19-16-,24-21-,27-25-,30-28-,32-31-. The molecule has 1 unspecified atom stereocenters. The summed E-state index contributed by atoms with van der Waals surface area (Å²) in [6.45, 7) is 6.55. The molecule has 0 aromatic rings. The zero-order valence-electron chi connectivity index (χ0n) is 53.3. The molecule has 0 aliphatic carbocycles. The molecule has 80 heavy (non-hydrogen) atoms. The van der Waals surface area contributed by atoms with Gasteiger partial charge in [-0.1, -0.05) is 306 Å². The maximum Gasteiger partial charge on any atom is 0.306 e. The van der Waals surface area contributed by atoms with Crippen LogP contribution in [0.1, 0.15) is 361 Å². The lowest BCUT2D eigenvalue weighted by Crippen LogP contribution is -2.30. The smallest absolute Gasteiger partial charge is 0.306 e. The van der Waals surface area contributed by atoms with Crippen LogP contribution in [-0.4, -0.2) is 37.2 Å². The molecule has 0 bridgehead atoms. The van der Waals surface area contributed by atoms with Crippen molar-refractivity contribution in [2.24, 2.45) is 0 Å². The highest BCUT2D eigenvalue weighted by molar-refractivity contribution is 5.71. The molecule has 0 spiro atoms. The van der Waals surface area contributed by atoms with Crippen LogP contribution in [0.15, 0.2) is 72.9 Å². The average Bonchev–Trinajstić information content (AvgIpc) is 3.46. The number of unbranched alkanes of at least 4 members (excludes halogenated alkanes) is 41. The first-order valence-electron chi connectivity index (χ1n) is 34.9. The van der Waals surface area contributed by atoms with Gasteiger partial charge in [-0.3, -0.25) is 14.4 Å². The minimum absolute atomic E-state index is 0.0754. The summed E-state index contributed by atoms with van der Waals surface area (Å²) in [5, 5.41) is 0. The van der Waals surface area contributed by atoms with E-state index >= 15 is 0 Å². The fraction of sp³-hybridized carbons (Fsp3) is 0.797. The van der Waals surface area contributed by atoms with Crippen molar-refractivity contribution in [1.29, 1.82) is 0 Å². The minimum Gasteiger partial charge on any atom is -0.462 e. The van der Waals surface area contributed by atoms with Crippen LogP contribution >= 0.6 is 0 Å². The number of ether oxygens (including phenoxy) is 3. The zero-order valence-corrected chi connectivity index (χ0v) is 53.3. The molecule has 0 aliphatic rings. The Labute approximate surface area is 497 Å². The van der Waals surface area contributed by atoms with E-state index in [0.717, 1.165) is 89.9 Å². The highest BCUT2D eigenvalue weighted by Crippen LogP contribution is 2.18. The Morgan fingerprint density at radius 2 is 0.487 bits per heavy atom. The minimum atomic E-state index is -0.780. The summed E-state index contributed by atoms with van der Waals surface area (Å²) in [6, 6.07) is 0. The van der Waals surface area contributed by atoms with Crippen molar-refractivity contribution in [2.75, 3.05) is 13.2 Å². The molecule has 0 saturated carbocycles. The van der Waals surface area contributed by atoms with Gasteiger partial charge in [-0.25, -0.2) is 0 Å². The second-order valence-electron chi connectivity index (χ2n) is 23.4. The van der Waals surface area contributed by atoms with Crippen molar-refractivity contribution >= 4 is 17.9 Å². The van der Waals surface area contributed by atoms with Crippen LogP contribution in [-0.2, 0) is 28.6 Å². The molecule has 6 heteroatoms. The molecular weight excluding hydrogens is 985 g/mol. The SMILES string of the molecule is CC/C=C\C/C=C\C/C=C\C/C=C\CCCCCCCCCCCCCCCCCCCCC(=O)OCC(COC(=O)CCCCCCC/C=C\CCCCCC)OC(=O)CCCCCCCCC/C=C\CCCCCCCCC. The van der Waals surface area contributed by atoms with E-state index in [4.69, 9.17) is 14.2 Å². The Balaban J connectivity index is 4.18. The van der Waals surface area contributed by atoms with Crippen LogP contribution in [0.5, 0.6) is 0 Å². The largest absolute Gasteiger partial charge is 0.462 e. The molecule has 0 aliphatic heterocycles. The van der Waals surface area contributed by atoms with Gasteiger partial charge >= 0.3 is 17.9 Å². The quantitative estimate of drug-likeness (QED) is 0.0261. The van der Waals surface area contributed by atoms with Gasteiger partial charge in [0.15, 0.2) is 6.10 Å². The Morgan fingerprint density at radius 3 is 0.787 bits per heavy atom. The molecule has 1 atom stereocenters. The van der Waals surface area contributed by atoms with Crippen LogP contribution < -0.4 is 0 Å². The van der Waals surface area contributed by atoms with Gasteiger partial charge < -0.3 is 14.2 Å². The number of hydrogen-bond acceptors (Lipinski definition) is 6. The van der Waals surface area contributed by atoms with Crippen LogP contribution in [0.25, 0.3) is 0 Å². The van der Waals surface area contributed by atoms with Gasteiger partial charge in [-0.15, -0.1) is 0 Å². The summed E-state index contributed by atoms with van der Waals surface area (Å²) in [6.07, 6.45) is 89.3. The molecule has 6 nitrogen and oxygen atoms in total. The summed E-state index contributed by atoms with van der Waals surface area (Å²) in [7, 11) is 0. The molecule has 0 aromatic heterocycles. The predicted octanol–water partition coefficient (Wildman–Crippen LogP) is 24.1. The molecule has 0 radical (unpaired) electrons. The van der Waals surface area contributed by atoms with E-state index in [0.29, 0.717) is 19.3 Å². The number of rotatable bonds is 64. The highest BCUT2D eigenvalue weighted by atomic mass is 16.6. The predicted molar refractivity (Wildman–Crippen MR) is 348 cm³/mol. The normalized spacial score (nSPS) is 12.5. The van der Waals surface area contributed by atoms with Gasteiger partial charge in [-0.05, 0) is 109 Å². The van der Waals surface area contributed by atoms with Crippen molar-refractivity contribution in [1.82, 2.24) is 0 Å². The molecule has 464 valence electrons. The monoisotopic (exact) mass is 1120 g/mol. The van der Waals surface area contributed by atoms with Crippen molar-refractivity contribution in [3.05, 3.63) is 72.9 Å². The Hall–Kier alpha value is -3.15. The first-order valence-corrected chi connectivity index (χ1v) is 34.9. The number of allylic oxidation sites excluding steroid dienone is 12. The average molecular weight is 1120 g/mol. The Bertz CT molecular complexity index is 1470. The molecule has 0 fully saturated rings. The molecule has 0 rings (SSSR count). The van der Waals surface area contributed by atoms with Gasteiger partial charge in [-0.2, -0.15) is 0 Å². The Kier molecular flexibility index (Phi) is 65.7. The molecule has 0 heterocycles. The zero-order chi connectivity index (χ0) is 57.8. The van der Waals surface area contributed by atoms with Crippen molar-refractivity contribution in [3.63, 3.8) is 0 Å². The lowest BCUT2D eigenvalue weighted by molar-refractivity contribution is -0.167. The second kappa shape index (κ2) is 68.3. The summed E-state index contributed by atoms with van der Waals surface area (Å²) in [5.74, 6) is -0.868. The van der Waals surface area contributed by atoms with E-state index in [9.17, 15) is 14.4 Å². The van der Waals surface area contributed by atoms with Gasteiger partial charge in [0, 0.05) is 19.3 Å². The van der Waals surface area contributed by atoms with Crippen LogP contribution in [0.3, 0.4) is 0 Å². The third-order valence-corrected chi connectivity index (χ3v) is 15.4. The van der Waals surface area contributed by atoms with E-state index in [-0.39, 0.29) is 31.1 Å². The number of carbonyl (C=O) groups is 3. The van der Waals surface area contributed by atoms with Crippen molar-refractivity contribution < 1.29 is 28.6 Å². The van der Waals surface area contributed by atoms with Crippen LogP contribution in [0.4, 0.5) is 0 Å². The fourth-order valence-electron chi connectivity index (χ4n) is 10.2. The summed E-state index contributed by atoms with van der Waals surface area (Å²) >= 11 is 0. The van der Waals surface area contributed by atoms with E-state index in [1.165, 1.54) is 231 Å². The summed E-state index contributed by atoms with van der Waals surface area (Å²) in [4.78, 5) is 38.4. The van der Waals surface area contributed by atoms with Gasteiger partial charge in [0.2, 0.25) is 0 Å². The maximum atomic E-state index is 12.9. The van der Waals surface area contributed by atoms with E-state index in [1.54, 1.807) is 0 Å². The number of carbonyl (C=O) groups excluding carboxylic acids is 3. The summed E-state index contributed by atoms with van der Waals surface area (Å²) in [5.41, 5.74) is 0. The topological polar surface area (TPSA) is 78.9 Å². The second-order valence-corrected chi connectivity index (χ2v) is 23.4. The molecular formula is C74H132O6. The van der Waals surface area contributed by atoms with Gasteiger partial charge in [0.1, 0.15) is 13.2 Å². The Morgan fingerprint density at radius 1 is 0.263 bits per heavy atom. The lowest BCUT2D eigenvalue weighted by atomic mass is 10.0. The fourth-order valence-corrected chi connectivity index (χ4v) is 10.2. The molecule has 0 amide bonds. The third-order valence-electron chi connectivity index (χ3n) is 15.4. The first-order chi connectivity index (χ1) is 39.5. The first kappa shape index (κ1) is 76.9. The van der Waals surface area contributed by atoms with Crippen LogP contribution in [0.2, 0.25) is 0 Å². The molecule has 0 aromatic carbocycles. The third kappa shape index (κ3) is 65.7. The highest BCUT2D eigenvalue weighted by Gasteiger charge is 2.19. The maximum absolute atomic E-state index is 12.9.